The molecule has 124 valence electrons. The van der Waals surface area contributed by atoms with Gasteiger partial charge >= 0.3 is 0 Å². The molecule has 1 saturated carbocycles. The van der Waals surface area contributed by atoms with Gasteiger partial charge in [-0.15, -0.1) is 0 Å². The summed E-state index contributed by atoms with van der Waals surface area (Å²) in [7, 11) is 0. The number of aromatic nitrogens is 1. The number of carbonyl (C=O) groups excluding carboxylic acids is 1. The Morgan fingerprint density at radius 2 is 2.08 bits per heavy atom. The molecule has 0 unspecified atom stereocenters. The van der Waals surface area contributed by atoms with Crippen LogP contribution in [-0.4, -0.2) is 15.8 Å². The van der Waals surface area contributed by atoms with E-state index in [2.05, 4.69) is 10.3 Å². The highest BCUT2D eigenvalue weighted by Gasteiger charge is 2.46. The molecule has 3 rings (SSSR count). The van der Waals surface area contributed by atoms with Crippen LogP contribution < -0.4 is 5.32 Å². The van der Waals surface area contributed by atoms with Crippen molar-refractivity contribution >= 4 is 17.3 Å². The van der Waals surface area contributed by atoms with E-state index in [1.54, 1.807) is 0 Å². The molecule has 0 radical (unpaired) electrons. The van der Waals surface area contributed by atoms with Crippen LogP contribution in [0.1, 0.15) is 34.5 Å². The summed E-state index contributed by atoms with van der Waals surface area (Å²) in [5.74, 6) is -1.42. The third kappa shape index (κ3) is 2.94. The summed E-state index contributed by atoms with van der Waals surface area (Å²) in [5, 5.41) is 13.3. The third-order valence-corrected chi connectivity index (χ3v) is 3.94. The Kier molecular flexibility index (Phi) is 3.75. The maximum Gasteiger partial charge on any atom is 0.277 e. The quantitative estimate of drug-likeness (QED) is 0.683. The van der Waals surface area contributed by atoms with Crippen LogP contribution in [0.4, 0.5) is 20.2 Å². The van der Waals surface area contributed by atoms with Crippen LogP contribution in [0.15, 0.2) is 30.5 Å². The number of benzene rings is 1. The lowest BCUT2D eigenvalue weighted by Gasteiger charge is -2.09. The zero-order valence-corrected chi connectivity index (χ0v) is 12.7. The molecule has 0 atom stereocenters. The second-order valence-electron chi connectivity index (χ2n) is 5.71. The minimum atomic E-state index is -1.48. The second kappa shape index (κ2) is 5.63. The van der Waals surface area contributed by atoms with Crippen molar-refractivity contribution in [3.05, 3.63) is 63.2 Å². The van der Waals surface area contributed by atoms with Crippen molar-refractivity contribution in [2.45, 2.75) is 25.4 Å². The van der Waals surface area contributed by atoms with E-state index in [1.807, 2.05) is 0 Å². The lowest BCUT2D eigenvalue weighted by molar-refractivity contribution is -0.385. The maximum absolute atomic E-state index is 14.0. The van der Waals surface area contributed by atoms with Crippen LogP contribution in [0.5, 0.6) is 0 Å². The van der Waals surface area contributed by atoms with E-state index in [-0.39, 0.29) is 22.5 Å². The molecule has 1 aromatic carbocycles. The average Bonchev–Trinajstić information content (AvgIpc) is 3.29. The predicted molar refractivity (Wildman–Crippen MR) is 82.0 cm³/mol. The van der Waals surface area contributed by atoms with Gasteiger partial charge in [0.05, 0.1) is 21.9 Å². The van der Waals surface area contributed by atoms with Gasteiger partial charge in [-0.05, 0) is 38.0 Å². The number of pyridine rings is 1. The lowest BCUT2D eigenvalue weighted by atomic mass is 10.1. The van der Waals surface area contributed by atoms with Crippen LogP contribution in [0.3, 0.4) is 0 Å². The number of halogens is 2. The Morgan fingerprint density at radius 1 is 1.38 bits per heavy atom. The molecule has 6 nitrogen and oxygen atoms in total. The van der Waals surface area contributed by atoms with Gasteiger partial charge in [-0.2, -0.15) is 0 Å². The highest BCUT2D eigenvalue weighted by Crippen LogP contribution is 2.48. The van der Waals surface area contributed by atoms with Gasteiger partial charge in [0.2, 0.25) is 0 Å². The fraction of sp³-hybridized carbons (Fsp3) is 0.250. The summed E-state index contributed by atoms with van der Waals surface area (Å²) < 4.78 is 27.8. The summed E-state index contributed by atoms with van der Waals surface area (Å²) in [6.07, 6.45) is 2.04. The summed E-state index contributed by atoms with van der Waals surface area (Å²) in [5.41, 5.74) is -1.75. The number of nitro groups is 1. The highest BCUT2D eigenvalue weighted by atomic mass is 19.1. The number of alkyl halides is 1. The first-order valence-electron chi connectivity index (χ1n) is 7.21. The van der Waals surface area contributed by atoms with Gasteiger partial charge in [-0.25, -0.2) is 8.78 Å². The minimum absolute atomic E-state index is 0.0467. The Labute approximate surface area is 135 Å². The molecular weight excluding hydrogens is 320 g/mol. The molecule has 1 aromatic heterocycles. The molecule has 1 aliphatic carbocycles. The highest BCUT2D eigenvalue weighted by molar-refractivity contribution is 6.04. The molecule has 1 aliphatic rings. The van der Waals surface area contributed by atoms with Crippen molar-refractivity contribution in [2.24, 2.45) is 0 Å². The molecule has 1 amide bonds. The maximum atomic E-state index is 14.0. The monoisotopic (exact) mass is 333 g/mol. The van der Waals surface area contributed by atoms with Crippen molar-refractivity contribution in [2.75, 3.05) is 5.32 Å². The predicted octanol–water partition coefficient (Wildman–Crippen LogP) is 3.65. The molecule has 8 heteroatoms. The number of carbonyl (C=O) groups is 1. The summed E-state index contributed by atoms with van der Waals surface area (Å²) >= 11 is 0. The van der Waals surface area contributed by atoms with Crippen molar-refractivity contribution in [3.8, 4) is 0 Å². The van der Waals surface area contributed by atoms with Crippen LogP contribution in [0, 0.1) is 22.9 Å². The van der Waals surface area contributed by atoms with Gasteiger partial charge in [0.1, 0.15) is 5.82 Å². The van der Waals surface area contributed by atoms with E-state index >= 15 is 0 Å². The van der Waals surface area contributed by atoms with E-state index < -0.39 is 28.0 Å². The third-order valence-electron chi connectivity index (χ3n) is 3.94. The van der Waals surface area contributed by atoms with Gasteiger partial charge in [-0.1, -0.05) is 0 Å². The van der Waals surface area contributed by atoms with Crippen molar-refractivity contribution < 1.29 is 18.5 Å². The number of anilines is 1. The topological polar surface area (TPSA) is 85.1 Å². The molecule has 1 heterocycles. The molecule has 0 aliphatic heterocycles. The number of rotatable bonds is 4. The fourth-order valence-corrected chi connectivity index (χ4v) is 2.31. The van der Waals surface area contributed by atoms with Crippen LogP contribution in [0.2, 0.25) is 0 Å². The summed E-state index contributed by atoms with van der Waals surface area (Å²) in [6, 6.07) is 4.81. The largest absolute Gasteiger partial charge is 0.322 e. The lowest BCUT2D eigenvalue weighted by Crippen LogP contribution is -2.14. The molecule has 1 N–H and O–H groups in total. The molecule has 1 fully saturated rings. The van der Waals surface area contributed by atoms with Gasteiger partial charge < -0.3 is 5.32 Å². The van der Waals surface area contributed by atoms with E-state index in [4.69, 9.17) is 0 Å². The number of hydrogen-bond acceptors (Lipinski definition) is 4. The Morgan fingerprint density at radius 3 is 2.71 bits per heavy atom. The van der Waals surface area contributed by atoms with Crippen molar-refractivity contribution in [1.82, 2.24) is 4.98 Å². The number of nitrogens with zero attached hydrogens (tertiary/aromatic N) is 2. The zero-order chi connectivity index (χ0) is 17.5. The SMILES string of the molecule is Cc1c(F)cc(NC(=O)c2ccnc(C3(F)CC3)c2)cc1[N+](=O)[O-]. The molecule has 0 bridgehead atoms. The van der Waals surface area contributed by atoms with Crippen LogP contribution in [0.25, 0.3) is 0 Å². The summed E-state index contributed by atoms with van der Waals surface area (Å²) in [6.45, 7) is 1.28. The van der Waals surface area contributed by atoms with Gasteiger partial charge in [0, 0.05) is 17.8 Å². The Bertz CT molecular complexity index is 850. The molecule has 0 spiro atoms. The minimum Gasteiger partial charge on any atom is -0.322 e. The van der Waals surface area contributed by atoms with Crippen molar-refractivity contribution in [3.63, 3.8) is 0 Å². The summed E-state index contributed by atoms with van der Waals surface area (Å²) in [4.78, 5) is 26.4. The zero-order valence-electron chi connectivity index (χ0n) is 12.7. The fourth-order valence-electron chi connectivity index (χ4n) is 2.31. The number of amides is 1. The first-order valence-corrected chi connectivity index (χ1v) is 7.21. The van der Waals surface area contributed by atoms with Gasteiger partial charge in [0.25, 0.3) is 11.6 Å². The van der Waals surface area contributed by atoms with Gasteiger partial charge in [0.15, 0.2) is 5.67 Å². The van der Waals surface area contributed by atoms with E-state index in [0.717, 1.165) is 12.1 Å². The van der Waals surface area contributed by atoms with Crippen LogP contribution >= 0.6 is 0 Å². The average molecular weight is 333 g/mol. The number of nitro benzene ring substituents is 1. The molecule has 24 heavy (non-hydrogen) atoms. The van der Waals surface area contributed by atoms with Gasteiger partial charge in [-0.3, -0.25) is 19.9 Å². The first kappa shape index (κ1) is 16.0. The second-order valence-corrected chi connectivity index (χ2v) is 5.71. The number of nitrogens with one attached hydrogen (secondary N) is 1. The molecular formula is C16H13F2N3O3. The van der Waals surface area contributed by atoms with E-state index in [9.17, 15) is 23.7 Å². The molecule has 2 aromatic rings. The smallest absolute Gasteiger partial charge is 0.277 e. The number of hydrogen-bond donors (Lipinski definition) is 1. The van der Waals surface area contributed by atoms with Crippen LogP contribution in [-0.2, 0) is 5.67 Å². The standard InChI is InChI=1S/C16H13F2N3O3/c1-9-12(17)7-11(8-13(9)21(23)24)20-15(22)10-2-5-19-14(6-10)16(18)3-4-16/h2,5-8H,3-4H2,1H3,(H,20,22). The first-order chi connectivity index (χ1) is 11.3. The van der Waals surface area contributed by atoms with E-state index in [1.165, 1.54) is 25.3 Å². The van der Waals surface area contributed by atoms with Crippen molar-refractivity contribution in [1.29, 1.82) is 0 Å². The Balaban J connectivity index is 1.86. The molecule has 0 saturated heterocycles. The normalized spacial score (nSPS) is 15.0. The van der Waals surface area contributed by atoms with E-state index in [0.29, 0.717) is 12.8 Å². The Hall–Kier alpha value is -2.90.